The molecule has 0 bridgehead atoms. The first-order valence-electron chi connectivity index (χ1n) is 10.1. The van der Waals surface area contributed by atoms with Crippen LogP contribution >= 0.6 is 23.2 Å². The maximum atomic E-state index is 13.2. The number of benzene rings is 3. The lowest BCUT2D eigenvalue weighted by Gasteiger charge is -2.29. The van der Waals surface area contributed by atoms with Crippen LogP contribution in [0, 0.1) is 5.41 Å². The lowest BCUT2D eigenvalue weighted by Crippen LogP contribution is -2.44. The SMILES string of the molecule is CC(C)N(C(=O)CNC(=O)c1cc(Cl)cc(Cl)c1)c1ccccc1C(=N)c1ccccc1. The number of hydrogen-bond donors (Lipinski definition) is 2. The highest BCUT2D eigenvalue weighted by atomic mass is 35.5. The van der Waals surface area contributed by atoms with Gasteiger partial charge in [-0.1, -0.05) is 71.7 Å². The zero-order valence-electron chi connectivity index (χ0n) is 17.7. The highest BCUT2D eigenvalue weighted by molar-refractivity contribution is 6.35. The van der Waals surface area contributed by atoms with E-state index in [1.807, 2.05) is 68.4 Å². The number of hydrogen-bond acceptors (Lipinski definition) is 3. The Morgan fingerprint density at radius 1 is 0.906 bits per heavy atom. The number of nitrogens with one attached hydrogen (secondary N) is 2. The normalized spacial score (nSPS) is 10.7. The Balaban J connectivity index is 1.83. The molecule has 7 heteroatoms. The molecule has 3 aromatic rings. The fourth-order valence-electron chi connectivity index (χ4n) is 3.38. The van der Waals surface area contributed by atoms with Gasteiger partial charge in [-0.15, -0.1) is 0 Å². The minimum absolute atomic E-state index is 0.190. The Kier molecular flexibility index (Phi) is 7.67. The smallest absolute Gasteiger partial charge is 0.251 e. The molecule has 3 aromatic carbocycles. The van der Waals surface area contributed by atoms with Gasteiger partial charge in [0.2, 0.25) is 5.91 Å². The Labute approximate surface area is 197 Å². The van der Waals surface area contributed by atoms with Crippen molar-refractivity contribution in [3.05, 3.63) is 99.5 Å². The van der Waals surface area contributed by atoms with E-state index in [2.05, 4.69) is 5.32 Å². The van der Waals surface area contributed by atoms with Gasteiger partial charge >= 0.3 is 0 Å². The summed E-state index contributed by atoms with van der Waals surface area (Å²) in [5.74, 6) is -0.744. The molecule has 2 N–H and O–H groups in total. The maximum absolute atomic E-state index is 13.2. The van der Waals surface area contributed by atoms with Crippen LogP contribution in [0.15, 0.2) is 72.8 Å². The molecular formula is C25H23Cl2N3O2. The zero-order chi connectivity index (χ0) is 23.3. The van der Waals surface area contributed by atoms with Crippen molar-refractivity contribution in [1.82, 2.24) is 5.32 Å². The number of para-hydroxylation sites is 1. The summed E-state index contributed by atoms with van der Waals surface area (Å²) >= 11 is 11.9. The summed E-state index contributed by atoms with van der Waals surface area (Å²) in [6.45, 7) is 3.56. The molecule has 0 unspecified atom stereocenters. The molecule has 0 saturated heterocycles. The van der Waals surface area contributed by atoms with Gasteiger partial charge in [-0.25, -0.2) is 0 Å². The van der Waals surface area contributed by atoms with Gasteiger partial charge in [0.15, 0.2) is 0 Å². The first-order valence-corrected chi connectivity index (χ1v) is 10.8. The second-order valence-corrected chi connectivity index (χ2v) is 8.33. The van der Waals surface area contributed by atoms with Gasteiger partial charge in [-0.3, -0.25) is 15.0 Å². The van der Waals surface area contributed by atoms with Gasteiger partial charge in [-0.05, 0) is 38.1 Å². The molecule has 164 valence electrons. The van der Waals surface area contributed by atoms with Crippen LogP contribution in [0.3, 0.4) is 0 Å². The Bertz CT molecular complexity index is 1130. The van der Waals surface area contributed by atoms with E-state index in [-0.39, 0.29) is 24.1 Å². The summed E-state index contributed by atoms with van der Waals surface area (Å²) in [6, 6.07) is 21.0. The molecule has 0 fully saturated rings. The first-order chi connectivity index (χ1) is 15.3. The van der Waals surface area contributed by atoms with E-state index in [1.54, 1.807) is 4.90 Å². The minimum atomic E-state index is -0.447. The van der Waals surface area contributed by atoms with E-state index in [0.717, 1.165) is 5.56 Å². The molecule has 0 aromatic heterocycles. The monoisotopic (exact) mass is 467 g/mol. The standard InChI is InChI=1S/C25H23Cl2N3O2/c1-16(2)30(23(31)15-29-25(32)18-12-19(26)14-20(27)13-18)22-11-7-6-10-21(22)24(28)17-8-4-3-5-9-17/h3-14,16,28H,15H2,1-2H3,(H,29,32). The fraction of sp³-hybridized carbons (Fsp3) is 0.160. The van der Waals surface area contributed by atoms with Crippen LogP contribution < -0.4 is 10.2 Å². The molecule has 0 radical (unpaired) electrons. The van der Waals surface area contributed by atoms with E-state index in [9.17, 15) is 9.59 Å². The maximum Gasteiger partial charge on any atom is 0.251 e. The molecule has 3 rings (SSSR count). The number of halogens is 2. The predicted octanol–water partition coefficient (Wildman–Crippen LogP) is 5.58. The Morgan fingerprint density at radius 2 is 1.50 bits per heavy atom. The van der Waals surface area contributed by atoms with Gasteiger partial charge in [0.05, 0.1) is 17.9 Å². The average Bonchev–Trinajstić information content (AvgIpc) is 2.77. The molecule has 0 aliphatic heterocycles. The predicted molar refractivity (Wildman–Crippen MR) is 130 cm³/mol. The summed E-state index contributed by atoms with van der Waals surface area (Å²) < 4.78 is 0. The lowest BCUT2D eigenvalue weighted by atomic mass is 9.99. The Hall–Kier alpha value is -3.15. The fourth-order valence-corrected chi connectivity index (χ4v) is 3.91. The van der Waals surface area contributed by atoms with Crippen molar-refractivity contribution in [2.45, 2.75) is 19.9 Å². The molecule has 2 amide bonds. The van der Waals surface area contributed by atoms with Gasteiger partial charge < -0.3 is 10.2 Å². The van der Waals surface area contributed by atoms with Crippen molar-refractivity contribution in [3.63, 3.8) is 0 Å². The van der Waals surface area contributed by atoms with E-state index in [0.29, 0.717) is 27.0 Å². The van der Waals surface area contributed by atoms with Crippen LogP contribution in [0.5, 0.6) is 0 Å². The third-order valence-electron chi connectivity index (χ3n) is 4.81. The summed E-state index contributed by atoms with van der Waals surface area (Å²) in [5, 5.41) is 12.0. The second kappa shape index (κ2) is 10.4. The summed E-state index contributed by atoms with van der Waals surface area (Å²) in [7, 11) is 0. The van der Waals surface area contributed by atoms with Crippen LogP contribution in [0.4, 0.5) is 5.69 Å². The van der Waals surface area contributed by atoms with Gasteiger partial charge in [0.1, 0.15) is 0 Å². The summed E-state index contributed by atoms with van der Waals surface area (Å²) in [6.07, 6.45) is 0. The molecule has 32 heavy (non-hydrogen) atoms. The number of carbonyl (C=O) groups excluding carboxylic acids is 2. The van der Waals surface area contributed by atoms with Crippen molar-refractivity contribution in [2.24, 2.45) is 0 Å². The van der Waals surface area contributed by atoms with Crippen LogP contribution in [-0.2, 0) is 4.79 Å². The highest BCUT2D eigenvalue weighted by Crippen LogP contribution is 2.25. The highest BCUT2D eigenvalue weighted by Gasteiger charge is 2.24. The third-order valence-corrected chi connectivity index (χ3v) is 5.24. The molecular weight excluding hydrogens is 445 g/mol. The van der Waals surface area contributed by atoms with E-state index < -0.39 is 5.91 Å². The molecule has 0 saturated carbocycles. The van der Waals surface area contributed by atoms with Crippen molar-refractivity contribution in [1.29, 1.82) is 5.41 Å². The molecule has 0 aliphatic rings. The number of amides is 2. The van der Waals surface area contributed by atoms with E-state index in [1.165, 1.54) is 18.2 Å². The minimum Gasteiger partial charge on any atom is -0.343 e. The van der Waals surface area contributed by atoms with Gasteiger partial charge in [0.25, 0.3) is 5.91 Å². The molecule has 5 nitrogen and oxygen atoms in total. The summed E-state index contributed by atoms with van der Waals surface area (Å²) in [4.78, 5) is 27.3. The number of rotatable bonds is 7. The largest absolute Gasteiger partial charge is 0.343 e. The molecule has 0 atom stereocenters. The van der Waals surface area contributed by atoms with Crippen LogP contribution in [-0.4, -0.2) is 30.1 Å². The van der Waals surface area contributed by atoms with Crippen molar-refractivity contribution >= 4 is 46.4 Å². The van der Waals surface area contributed by atoms with E-state index in [4.69, 9.17) is 28.6 Å². The summed E-state index contributed by atoms with van der Waals surface area (Å²) in [5.41, 5.74) is 2.59. The second-order valence-electron chi connectivity index (χ2n) is 7.46. The number of nitrogens with zero attached hydrogens (tertiary/aromatic N) is 1. The Morgan fingerprint density at radius 3 is 2.12 bits per heavy atom. The van der Waals surface area contributed by atoms with Crippen molar-refractivity contribution < 1.29 is 9.59 Å². The lowest BCUT2D eigenvalue weighted by molar-refractivity contribution is -0.118. The van der Waals surface area contributed by atoms with Crippen molar-refractivity contribution in [2.75, 3.05) is 11.4 Å². The molecule has 0 aliphatic carbocycles. The molecule has 0 spiro atoms. The number of carbonyl (C=O) groups is 2. The zero-order valence-corrected chi connectivity index (χ0v) is 19.2. The average molecular weight is 468 g/mol. The van der Waals surface area contributed by atoms with E-state index >= 15 is 0 Å². The van der Waals surface area contributed by atoms with Crippen LogP contribution in [0.25, 0.3) is 0 Å². The quantitative estimate of drug-likeness (QED) is 0.445. The van der Waals surface area contributed by atoms with Gasteiger partial charge in [0, 0.05) is 32.8 Å². The van der Waals surface area contributed by atoms with Crippen LogP contribution in [0.1, 0.15) is 35.3 Å². The molecule has 0 heterocycles. The van der Waals surface area contributed by atoms with Crippen LogP contribution in [0.2, 0.25) is 10.0 Å². The van der Waals surface area contributed by atoms with Gasteiger partial charge in [-0.2, -0.15) is 0 Å². The third kappa shape index (κ3) is 5.55. The van der Waals surface area contributed by atoms with Crippen molar-refractivity contribution in [3.8, 4) is 0 Å². The topological polar surface area (TPSA) is 73.3 Å². The number of anilines is 1. The first kappa shape index (κ1) is 23.5.